The summed E-state index contributed by atoms with van der Waals surface area (Å²) in [5.41, 5.74) is -0.859. The van der Waals surface area contributed by atoms with Crippen molar-refractivity contribution in [2.24, 2.45) is 0 Å². The highest BCUT2D eigenvalue weighted by Crippen LogP contribution is 2.37. The Kier molecular flexibility index (Phi) is 5.29. The predicted octanol–water partition coefficient (Wildman–Crippen LogP) is 2.81. The van der Waals surface area contributed by atoms with Gasteiger partial charge >= 0.3 is 0 Å². The largest absolute Gasteiger partial charge is 0.382 e. The number of thioether (sulfide) groups is 1. The van der Waals surface area contributed by atoms with E-state index in [-0.39, 0.29) is 12.1 Å². The number of nitrogens with zero attached hydrogens (tertiary/aromatic N) is 6. The first-order valence-electron chi connectivity index (χ1n) is 8.86. The van der Waals surface area contributed by atoms with Gasteiger partial charge in [0.1, 0.15) is 29.9 Å². The van der Waals surface area contributed by atoms with Gasteiger partial charge in [0.25, 0.3) is 0 Å². The minimum atomic E-state index is -1.65. The van der Waals surface area contributed by atoms with Crippen molar-refractivity contribution in [1.82, 2.24) is 29.1 Å². The lowest BCUT2D eigenvalue weighted by atomic mass is 9.90. The molecule has 4 aromatic rings. The molecular weight excluding hydrogens is 398 g/mol. The summed E-state index contributed by atoms with van der Waals surface area (Å²) in [6, 6.07) is 4.98. The van der Waals surface area contributed by atoms with Gasteiger partial charge in [-0.2, -0.15) is 5.10 Å². The topological polar surface area (TPSA) is 81.1 Å². The molecule has 0 unspecified atom stereocenters. The number of rotatable bonds is 7. The van der Waals surface area contributed by atoms with Crippen LogP contribution in [-0.4, -0.2) is 39.5 Å². The van der Waals surface area contributed by atoms with Crippen molar-refractivity contribution < 1.29 is 13.9 Å². The molecule has 0 aliphatic heterocycles. The zero-order valence-corrected chi connectivity index (χ0v) is 16.3. The van der Waals surface area contributed by atoms with Gasteiger partial charge in [-0.15, -0.1) is 11.8 Å². The van der Waals surface area contributed by atoms with E-state index in [1.54, 1.807) is 13.1 Å². The molecule has 7 nitrogen and oxygen atoms in total. The first kappa shape index (κ1) is 19.5. The molecule has 10 heteroatoms. The smallest absolute Gasteiger partial charge is 0.233 e. The average Bonchev–Trinajstić information content (AvgIpc) is 3.34. The maximum atomic E-state index is 14.6. The van der Waals surface area contributed by atoms with Crippen LogP contribution in [0.1, 0.15) is 18.2 Å². The maximum Gasteiger partial charge on any atom is 0.233 e. The molecule has 29 heavy (non-hydrogen) atoms. The van der Waals surface area contributed by atoms with Crippen molar-refractivity contribution >= 4 is 17.5 Å². The molecule has 0 amide bonds. The molecule has 0 spiro atoms. The SMILES string of the molecule is C[C@@H](SCc1cn2cccnc2n1)[C@](O)(Cn1cncn1)c1ccc(F)cc1F. The number of aliphatic hydroxyl groups is 1. The van der Waals surface area contributed by atoms with Gasteiger partial charge in [-0.05, 0) is 12.1 Å². The Morgan fingerprint density at radius 3 is 2.90 bits per heavy atom. The first-order chi connectivity index (χ1) is 14.0. The summed E-state index contributed by atoms with van der Waals surface area (Å²) in [5, 5.41) is 15.1. The monoisotopic (exact) mass is 416 g/mol. The number of benzene rings is 1. The van der Waals surface area contributed by atoms with Crippen LogP contribution in [0.4, 0.5) is 8.78 Å². The van der Waals surface area contributed by atoms with E-state index in [4.69, 9.17) is 0 Å². The Hall–Kier alpha value is -2.85. The van der Waals surface area contributed by atoms with Gasteiger partial charge in [-0.1, -0.05) is 13.0 Å². The van der Waals surface area contributed by atoms with E-state index in [0.29, 0.717) is 11.5 Å². The van der Waals surface area contributed by atoms with Gasteiger partial charge in [-0.3, -0.25) is 4.40 Å². The minimum Gasteiger partial charge on any atom is -0.382 e. The van der Waals surface area contributed by atoms with Crippen LogP contribution in [0.5, 0.6) is 0 Å². The highest BCUT2D eigenvalue weighted by Gasteiger charge is 2.39. The van der Waals surface area contributed by atoms with E-state index >= 15 is 0 Å². The van der Waals surface area contributed by atoms with Crippen LogP contribution in [0.3, 0.4) is 0 Å². The molecule has 0 saturated carbocycles. The zero-order chi connectivity index (χ0) is 20.4. The quantitative estimate of drug-likeness (QED) is 0.499. The summed E-state index contributed by atoms with van der Waals surface area (Å²) in [5.74, 6) is -0.449. The van der Waals surface area contributed by atoms with Crippen LogP contribution in [0.15, 0.2) is 55.5 Å². The Bertz CT molecular complexity index is 1090. The van der Waals surface area contributed by atoms with Crippen molar-refractivity contribution in [1.29, 1.82) is 0 Å². The molecule has 0 aliphatic rings. The third kappa shape index (κ3) is 3.99. The van der Waals surface area contributed by atoms with E-state index in [1.165, 1.54) is 35.2 Å². The first-order valence-corrected chi connectivity index (χ1v) is 9.91. The second-order valence-corrected chi connectivity index (χ2v) is 7.98. The van der Waals surface area contributed by atoms with Crippen LogP contribution >= 0.6 is 11.8 Å². The standard InChI is InChI=1S/C19H18F2N6OS/c1-13(29-9-15-8-26-6-2-5-23-18(26)25-15)19(28,10-27-12-22-11-24-27)16-4-3-14(20)7-17(16)21/h2-8,11-13,28H,9-10H2,1H3/t13-,19-/m1/s1. The molecule has 150 valence electrons. The summed E-state index contributed by atoms with van der Waals surface area (Å²) in [6.07, 6.45) is 8.15. The second-order valence-electron chi connectivity index (χ2n) is 6.65. The fourth-order valence-corrected chi connectivity index (χ4v) is 4.17. The zero-order valence-electron chi connectivity index (χ0n) is 15.5. The lowest BCUT2D eigenvalue weighted by Gasteiger charge is -2.34. The molecule has 0 radical (unpaired) electrons. The third-order valence-corrected chi connectivity index (χ3v) is 6.06. The van der Waals surface area contributed by atoms with Crippen molar-refractivity contribution in [3.05, 3.63) is 78.4 Å². The van der Waals surface area contributed by atoms with Gasteiger partial charge in [0, 0.05) is 41.2 Å². The van der Waals surface area contributed by atoms with E-state index in [1.807, 2.05) is 22.9 Å². The van der Waals surface area contributed by atoms with Crippen LogP contribution in [0.2, 0.25) is 0 Å². The highest BCUT2D eigenvalue weighted by molar-refractivity contribution is 7.99. The number of imidazole rings is 1. The molecule has 0 aliphatic carbocycles. The number of aromatic nitrogens is 6. The Balaban J connectivity index is 1.60. The van der Waals surface area contributed by atoms with E-state index < -0.39 is 22.5 Å². The van der Waals surface area contributed by atoms with Crippen LogP contribution in [-0.2, 0) is 17.9 Å². The predicted molar refractivity (Wildman–Crippen MR) is 104 cm³/mol. The molecule has 2 atom stereocenters. The van der Waals surface area contributed by atoms with Crippen LogP contribution < -0.4 is 0 Å². The summed E-state index contributed by atoms with van der Waals surface area (Å²) in [6.45, 7) is 1.76. The fourth-order valence-electron chi connectivity index (χ4n) is 3.13. The van der Waals surface area contributed by atoms with Crippen molar-refractivity contribution in [2.75, 3.05) is 0 Å². The number of hydrogen-bond acceptors (Lipinski definition) is 6. The van der Waals surface area contributed by atoms with Crippen molar-refractivity contribution in [3.63, 3.8) is 0 Å². The lowest BCUT2D eigenvalue weighted by Crippen LogP contribution is -2.41. The van der Waals surface area contributed by atoms with Gasteiger partial charge < -0.3 is 5.11 Å². The molecule has 3 aromatic heterocycles. The van der Waals surface area contributed by atoms with Gasteiger partial charge in [-0.25, -0.2) is 28.4 Å². The molecule has 4 rings (SSSR count). The van der Waals surface area contributed by atoms with Gasteiger partial charge in [0.05, 0.1) is 12.2 Å². The molecule has 1 N–H and O–H groups in total. The second kappa shape index (κ2) is 7.88. The minimum absolute atomic E-state index is 0.00562. The van der Waals surface area contributed by atoms with E-state index in [2.05, 4.69) is 20.1 Å². The molecule has 3 heterocycles. The summed E-state index contributed by atoms with van der Waals surface area (Å²) >= 11 is 1.41. The van der Waals surface area contributed by atoms with Crippen molar-refractivity contribution in [3.8, 4) is 0 Å². The van der Waals surface area contributed by atoms with Gasteiger partial charge in [0.2, 0.25) is 5.78 Å². The van der Waals surface area contributed by atoms with Crippen LogP contribution in [0.25, 0.3) is 5.78 Å². The van der Waals surface area contributed by atoms with Crippen molar-refractivity contribution in [2.45, 2.75) is 30.1 Å². The number of halogens is 2. The summed E-state index contributed by atoms with van der Waals surface area (Å²) < 4.78 is 31.2. The lowest BCUT2D eigenvalue weighted by molar-refractivity contribution is 0.0133. The Labute approximate surface area is 169 Å². The Morgan fingerprint density at radius 1 is 1.31 bits per heavy atom. The van der Waals surface area contributed by atoms with E-state index in [9.17, 15) is 13.9 Å². The van der Waals surface area contributed by atoms with Gasteiger partial charge in [0.15, 0.2) is 0 Å². The normalized spacial score (nSPS) is 14.8. The van der Waals surface area contributed by atoms with Crippen LogP contribution in [0, 0.1) is 11.6 Å². The van der Waals surface area contributed by atoms with E-state index in [0.717, 1.165) is 17.8 Å². The summed E-state index contributed by atoms with van der Waals surface area (Å²) in [7, 11) is 0. The number of hydrogen-bond donors (Lipinski definition) is 1. The Morgan fingerprint density at radius 2 is 2.17 bits per heavy atom. The molecular formula is C19H18F2N6OS. The molecule has 1 aromatic carbocycles. The molecule has 0 bridgehead atoms. The summed E-state index contributed by atoms with van der Waals surface area (Å²) in [4.78, 5) is 12.5. The average molecular weight is 416 g/mol. The molecule has 0 saturated heterocycles. The maximum absolute atomic E-state index is 14.6. The number of fused-ring (bicyclic) bond motifs is 1. The highest BCUT2D eigenvalue weighted by atomic mass is 32.2. The molecule has 0 fully saturated rings. The fraction of sp³-hybridized carbons (Fsp3) is 0.263. The third-order valence-electron chi connectivity index (χ3n) is 4.71.